The van der Waals surface area contributed by atoms with E-state index in [4.69, 9.17) is 27.9 Å². The van der Waals surface area contributed by atoms with Crippen LogP contribution in [0.2, 0.25) is 10.0 Å². The Balaban J connectivity index is 1.46. The highest BCUT2D eigenvalue weighted by Gasteiger charge is 2.47. The molecule has 6 nitrogen and oxygen atoms in total. The van der Waals surface area contributed by atoms with Gasteiger partial charge in [0, 0.05) is 18.5 Å². The summed E-state index contributed by atoms with van der Waals surface area (Å²) >= 11 is 12.4. The zero-order valence-electron chi connectivity index (χ0n) is 20.0. The fourth-order valence-corrected chi connectivity index (χ4v) is 6.70. The Kier molecular flexibility index (Phi) is 7.70. The number of nitrogens with zero attached hydrogens (tertiary/aromatic N) is 2. The summed E-state index contributed by atoms with van der Waals surface area (Å²) in [4.78, 5) is 2.49. The molecule has 2 heterocycles. The van der Waals surface area contributed by atoms with Gasteiger partial charge < -0.3 is 15.0 Å². The fourth-order valence-electron chi connectivity index (χ4n) is 5.40. The number of nitrogens with one attached hydrogen (secondary N) is 1. The van der Waals surface area contributed by atoms with Crippen molar-refractivity contribution >= 4 is 38.9 Å². The molecule has 0 amide bonds. The van der Waals surface area contributed by atoms with Gasteiger partial charge in [0.05, 0.1) is 29.1 Å². The normalized spacial score (nSPS) is 18.8. The topological polar surface area (TPSA) is 61.9 Å². The van der Waals surface area contributed by atoms with Crippen LogP contribution < -0.4 is 14.4 Å². The molecule has 1 fully saturated rings. The minimum Gasteiger partial charge on any atom is -0.497 e. The van der Waals surface area contributed by atoms with Crippen molar-refractivity contribution in [1.82, 2.24) is 10.2 Å². The number of fused-ring (bicyclic) bond motifs is 2. The maximum absolute atomic E-state index is 12.5. The molecular weight excluding hydrogens is 493 g/mol. The maximum Gasteiger partial charge on any atom is 0.232 e. The van der Waals surface area contributed by atoms with Crippen LogP contribution in [0.3, 0.4) is 0 Å². The minimum atomic E-state index is -3.34. The lowest BCUT2D eigenvalue weighted by Gasteiger charge is -2.40. The molecule has 9 heteroatoms. The lowest BCUT2D eigenvalue weighted by Crippen LogP contribution is -2.46. The highest BCUT2D eigenvalue weighted by molar-refractivity contribution is 7.92. The number of halogens is 2. The first-order chi connectivity index (χ1) is 16.2. The van der Waals surface area contributed by atoms with Gasteiger partial charge in [0.15, 0.2) is 0 Å². The van der Waals surface area contributed by atoms with Gasteiger partial charge in [-0.2, -0.15) is 0 Å². The van der Waals surface area contributed by atoms with Gasteiger partial charge >= 0.3 is 0 Å². The molecule has 0 saturated carbocycles. The molecule has 0 aliphatic carbocycles. The summed E-state index contributed by atoms with van der Waals surface area (Å²) in [7, 11) is 0.278. The fraction of sp³-hybridized carbons (Fsp3) is 0.520. The largest absolute Gasteiger partial charge is 0.497 e. The Labute approximate surface area is 213 Å². The molecule has 1 N–H and O–H groups in total. The van der Waals surface area contributed by atoms with Crippen LogP contribution in [0.5, 0.6) is 5.75 Å². The van der Waals surface area contributed by atoms with Crippen LogP contribution in [0.15, 0.2) is 36.4 Å². The zero-order chi connectivity index (χ0) is 24.5. The van der Waals surface area contributed by atoms with Gasteiger partial charge in [-0.05, 0) is 93.3 Å². The summed E-state index contributed by atoms with van der Waals surface area (Å²) in [6.45, 7) is 4.22. The van der Waals surface area contributed by atoms with Gasteiger partial charge in [-0.3, -0.25) is 4.31 Å². The monoisotopic (exact) mass is 525 g/mol. The molecule has 2 aromatic rings. The second-order valence-electron chi connectivity index (χ2n) is 9.49. The van der Waals surface area contributed by atoms with Gasteiger partial charge in [-0.15, -0.1) is 0 Å². The van der Waals surface area contributed by atoms with Gasteiger partial charge in [-0.1, -0.05) is 29.3 Å². The van der Waals surface area contributed by atoms with E-state index in [1.54, 1.807) is 11.4 Å². The molecule has 0 bridgehead atoms. The summed E-state index contributed by atoms with van der Waals surface area (Å²) in [5.41, 5.74) is 2.92. The third-order valence-corrected chi connectivity index (χ3v) is 9.23. The van der Waals surface area contributed by atoms with Gasteiger partial charge in [0.2, 0.25) is 10.0 Å². The van der Waals surface area contributed by atoms with Crippen molar-refractivity contribution < 1.29 is 13.2 Å². The number of methoxy groups -OCH3 is 1. The SMILES string of the molecule is CNCC(CCN1CCC2(CC1)CN(S(C)(=O)=O)c1ccc(OC)cc12)c1ccc(Cl)c(Cl)c1. The van der Waals surface area contributed by atoms with Crippen LogP contribution in [0.1, 0.15) is 36.3 Å². The predicted octanol–water partition coefficient (Wildman–Crippen LogP) is 4.51. The first kappa shape index (κ1) is 25.6. The number of anilines is 1. The lowest BCUT2D eigenvalue weighted by atomic mass is 9.74. The Morgan fingerprint density at radius 1 is 1.12 bits per heavy atom. The van der Waals surface area contributed by atoms with Crippen LogP contribution in [0.4, 0.5) is 5.69 Å². The van der Waals surface area contributed by atoms with E-state index in [-0.39, 0.29) is 5.41 Å². The third-order valence-electron chi connectivity index (χ3n) is 7.36. The van der Waals surface area contributed by atoms with Crippen molar-refractivity contribution in [2.75, 3.05) is 57.4 Å². The van der Waals surface area contributed by atoms with E-state index in [0.717, 1.165) is 62.4 Å². The number of ether oxygens (including phenoxy) is 1. The average molecular weight is 527 g/mol. The molecule has 1 atom stereocenters. The Morgan fingerprint density at radius 3 is 2.47 bits per heavy atom. The number of rotatable bonds is 8. The molecule has 4 rings (SSSR count). The molecule has 1 spiro atoms. The molecule has 1 unspecified atom stereocenters. The maximum atomic E-state index is 12.5. The zero-order valence-corrected chi connectivity index (χ0v) is 22.3. The molecule has 0 radical (unpaired) electrons. The van der Waals surface area contributed by atoms with Crippen LogP contribution in [0.25, 0.3) is 0 Å². The number of likely N-dealkylation sites (tertiary alicyclic amines) is 1. The van der Waals surface area contributed by atoms with E-state index in [0.29, 0.717) is 22.5 Å². The third kappa shape index (κ3) is 5.19. The molecule has 1 saturated heterocycles. The van der Waals surface area contributed by atoms with E-state index in [1.807, 2.05) is 37.4 Å². The van der Waals surface area contributed by atoms with Gasteiger partial charge in [-0.25, -0.2) is 8.42 Å². The quantitative estimate of drug-likeness (QED) is 0.549. The number of sulfonamides is 1. The second-order valence-corrected chi connectivity index (χ2v) is 12.2. The lowest BCUT2D eigenvalue weighted by molar-refractivity contribution is 0.163. The minimum absolute atomic E-state index is 0.169. The van der Waals surface area contributed by atoms with E-state index in [9.17, 15) is 8.42 Å². The van der Waals surface area contributed by atoms with E-state index < -0.39 is 10.0 Å². The number of piperidine rings is 1. The molecule has 34 heavy (non-hydrogen) atoms. The number of likely N-dealkylation sites (N-methyl/N-ethyl adjacent to an activating group) is 1. The number of hydrogen-bond donors (Lipinski definition) is 1. The van der Waals surface area contributed by atoms with E-state index in [2.05, 4.69) is 16.3 Å². The van der Waals surface area contributed by atoms with Gasteiger partial charge in [0.1, 0.15) is 5.75 Å². The molecule has 2 aromatic carbocycles. The Morgan fingerprint density at radius 2 is 1.85 bits per heavy atom. The van der Waals surface area contributed by atoms with Crippen molar-refractivity contribution in [2.45, 2.75) is 30.6 Å². The van der Waals surface area contributed by atoms with Crippen molar-refractivity contribution in [3.8, 4) is 5.75 Å². The first-order valence-corrected chi connectivity index (χ1v) is 14.3. The molecule has 2 aliphatic rings. The van der Waals surface area contributed by atoms with E-state index >= 15 is 0 Å². The van der Waals surface area contributed by atoms with Crippen molar-refractivity contribution in [3.05, 3.63) is 57.6 Å². The summed E-state index contributed by atoms with van der Waals surface area (Å²) in [5, 5.41) is 4.46. The van der Waals surface area contributed by atoms with Crippen LogP contribution in [0, 0.1) is 0 Å². The van der Waals surface area contributed by atoms with Gasteiger partial charge in [0.25, 0.3) is 0 Å². The summed E-state index contributed by atoms with van der Waals surface area (Å²) in [6.07, 6.45) is 4.14. The first-order valence-electron chi connectivity index (χ1n) is 11.6. The smallest absolute Gasteiger partial charge is 0.232 e. The summed E-state index contributed by atoms with van der Waals surface area (Å²) in [5.74, 6) is 1.11. The molecular formula is C25H33Cl2N3O3S. The number of hydrogen-bond acceptors (Lipinski definition) is 5. The van der Waals surface area contributed by atoms with E-state index in [1.165, 1.54) is 11.8 Å². The Hall–Kier alpha value is -1.51. The van der Waals surface area contributed by atoms with Crippen LogP contribution in [-0.4, -0.2) is 66.5 Å². The van der Waals surface area contributed by atoms with Crippen molar-refractivity contribution in [2.24, 2.45) is 0 Å². The summed E-state index contributed by atoms with van der Waals surface area (Å²) < 4.78 is 32.1. The summed E-state index contributed by atoms with van der Waals surface area (Å²) in [6, 6.07) is 11.7. The van der Waals surface area contributed by atoms with Crippen molar-refractivity contribution in [1.29, 1.82) is 0 Å². The van der Waals surface area contributed by atoms with Crippen LogP contribution in [-0.2, 0) is 15.4 Å². The highest BCUT2D eigenvalue weighted by Crippen LogP contribution is 2.49. The molecule has 2 aliphatic heterocycles. The number of benzene rings is 2. The predicted molar refractivity (Wildman–Crippen MR) is 140 cm³/mol. The van der Waals surface area contributed by atoms with Crippen molar-refractivity contribution in [3.63, 3.8) is 0 Å². The molecule has 186 valence electrons. The highest BCUT2D eigenvalue weighted by atomic mass is 35.5. The standard InChI is InChI=1S/C25H33Cl2N3O3S/c1-28-16-19(18-4-6-22(26)23(27)14-18)8-11-29-12-9-25(10-13-29)17-30(34(3,31)32)24-7-5-20(33-2)15-21(24)25/h4-7,14-15,19,28H,8-13,16-17H2,1-3H3. The average Bonchev–Trinajstić information content (AvgIpc) is 3.13. The second kappa shape index (κ2) is 10.2. The van der Waals surface area contributed by atoms with Crippen LogP contribution >= 0.6 is 23.2 Å². The molecule has 0 aromatic heterocycles. The Bertz CT molecular complexity index is 1130.